The molecule has 86 valence electrons. The van der Waals surface area contributed by atoms with E-state index >= 15 is 0 Å². The van der Waals surface area contributed by atoms with Gasteiger partial charge in [0.2, 0.25) is 0 Å². The fraction of sp³-hybridized carbons (Fsp3) is 0.308. The highest BCUT2D eigenvalue weighted by molar-refractivity contribution is 5.70. The highest BCUT2D eigenvalue weighted by Gasteiger charge is 2.04. The molecular formula is C13H16O3. The molecule has 0 spiro atoms. The molecule has 0 fully saturated rings. The third-order valence-corrected chi connectivity index (χ3v) is 2.17. The van der Waals surface area contributed by atoms with Gasteiger partial charge in [-0.2, -0.15) is 0 Å². The van der Waals surface area contributed by atoms with E-state index in [0.29, 0.717) is 6.61 Å². The Balaban J connectivity index is 2.71. The van der Waals surface area contributed by atoms with Crippen LogP contribution in [0, 0.1) is 6.92 Å². The number of carbonyl (C=O) groups is 1. The molecule has 3 heteroatoms. The highest BCUT2D eigenvalue weighted by atomic mass is 16.5. The molecule has 0 amide bonds. The third-order valence-electron chi connectivity index (χ3n) is 2.17. The largest absolute Gasteiger partial charge is 0.489 e. The predicted octanol–water partition coefficient (Wildman–Crippen LogP) is 2.58. The molecule has 0 atom stereocenters. The summed E-state index contributed by atoms with van der Waals surface area (Å²) in [6.07, 6.45) is 3.90. The SMILES string of the molecule is CC=CCOc1ccc(CC(=O)O)cc1C. The van der Waals surface area contributed by atoms with Crippen LogP contribution in [0.25, 0.3) is 0 Å². The van der Waals surface area contributed by atoms with Crippen LogP contribution in [-0.4, -0.2) is 17.7 Å². The number of hydrogen-bond donors (Lipinski definition) is 1. The maximum Gasteiger partial charge on any atom is 0.307 e. The van der Waals surface area contributed by atoms with Crippen LogP contribution < -0.4 is 4.74 Å². The number of aryl methyl sites for hydroxylation is 1. The van der Waals surface area contributed by atoms with Crippen LogP contribution in [0.3, 0.4) is 0 Å². The Morgan fingerprint density at radius 1 is 1.50 bits per heavy atom. The van der Waals surface area contributed by atoms with Crippen molar-refractivity contribution in [1.29, 1.82) is 0 Å². The molecule has 0 aliphatic carbocycles. The minimum absolute atomic E-state index is 0.0516. The second kappa shape index (κ2) is 5.95. The van der Waals surface area contributed by atoms with Crippen molar-refractivity contribution in [1.82, 2.24) is 0 Å². The van der Waals surface area contributed by atoms with Crippen molar-refractivity contribution in [2.24, 2.45) is 0 Å². The first-order valence-corrected chi connectivity index (χ1v) is 5.18. The predicted molar refractivity (Wildman–Crippen MR) is 62.8 cm³/mol. The van der Waals surface area contributed by atoms with Gasteiger partial charge in [-0.05, 0) is 31.0 Å². The Bertz CT molecular complexity index is 394. The summed E-state index contributed by atoms with van der Waals surface area (Å²) in [5.41, 5.74) is 1.76. The van der Waals surface area contributed by atoms with Gasteiger partial charge in [-0.15, -0.1) is 0 Å². The molecule has 1 aromatic rings. The lowest BCUT2D eigenvalue weighted by atomic mass is 10.1. The van der Waals surface area contributed by atoms with E-state index in [0.717, 1.165) is 16.9 Å². The average molecular weight is 220 g/mol. The number of carboxylic acids is 1. The molecule has 0 saturated heterocycles. The van der Waals surface area contributed by atoms with Crippen molar-refractivity contribution in [2.75, 3.05) is 6.61 Å². The summed E-state index contributed by atoms with van der Waals surface area (Å²) in [6.45, 7) is 4.39. The zero-order valence-corrected chi connectivity index (χ0v) is 9.56. The second-order valence-electron chi connectivity index (χ2n) is 3.55. The first-order chi connectivity index (χ1) is 7.63. The maximum atomic E-state index is 10.5. The Morgan fingerprint density at radius 2 is 2.25 bits per heavy atom. The first kappa shape index (κ1) is 12.3. The molecule has 3 nitrogen and oxygen atoms in total. The van der Waals surface area contributed by atoms with Gasteiger partial charge >= 0.3 is 5.97 Å². The molecule has 0 aliphatic heterocycles. The van der Waals surface area contributed by atoms with Crippen LogP contribution in [0.5, 0.6) is 5.75 Å². The molecule has 0 aromatic heterocycles. The van der Waals surface area contributed by atoms with Gasteiger partial charge in [0.15, 0.2) is 0 Å². The van der Waals surface area contributed by atoms with Gasteiger partial charge in [0.1, 0.15) is 12.4 Å². The molecule has 16 heavy (non-hydrogen) atoms. The molecule has 1 rings (SSSR count). The van der Waals surface area contributed by atoms with E-state index in [9.17, 15) is 4.79 Å². The van der Waals surface area contributed by atoms with Gasteiger partial charge in [-0.1, -0.05) is 24.3 Å². The molecule has 0 heterocycles. The summed E-state index contributed by atoms with van der Waals surface area (Å²) in [5.74, 6) is -0.0192. The van der Waals surface area contributed by atoms with Gasteiger partial charge in [-0.25, -0.2) is 0 Å². The molecule has 0 radical (unpaired) electrons. The van der Waals surface area contributed by atoms with Gasteiger partial charge in [-0.3, -0.25) is 4.79 Å². The normalized spacial score (nSPS) is 10.6. The molecule has 1 aromatic carbocycles. The minimum atomic E-state index is -0.818. The molecule has 0 aliphatic rings. The van der Waals surface area contributed by atoms with Gasteiger partial charge in [0, 0.05) is 0 Å². The standard InChI is InChI=1S/C13H16O3/c1-3-4-7-16-12-6-5-11(8-10(12)2)9-13(14)15/h3-6,8H,7,9H2,1-2H3,(H,14,15). The number of allylic oxidation sites excluding steroid dienone is 1. The van der Waals surface area contributed by atoms with E-state index in [-0.39, 0.29) is 6.42 Å². The van der Waals surface area contributed by atoms with Crippen molar-refractivity contribution in [2.45, 2.75) is 20.3 Å². The van der Waals surface area contributed by atoms with Crippen molar-refractivity contribution in [3.8, 4) is 5.75 Å². The third kappa shape index (κ3) is 3.77. The van der Waals surface area contributed by atoms with Crippen molar-refractivity contribution in [3.05, 3.63) is 41.5 Å². The summed E-state index contributed by atoms with van der Waals surface area (Å²) in [4.78, 5) is 10.5. The Labute approximate surface area is 95.4 Å². The Hall–Kier alpha value is -1.77. The van der Waals surface area contributed by atoms with Crippen molar-refractivity contribution in [3.63, 3.8) is 0 Å². The average Bonchev–Trinajstić information content (AvgIpc) is 2.20. The van der Waals surface area contributed by atoms with Crippen molar-refractivity contribution >= 4 is 5.97 Å². The van der Waals surface area contributed by atoms with Crippen LogP contribution in [0.2, 0.25) is 0 Å². The van der Waals surface area contributed by atoms with Gasteiger partial charge in [0.25, 0.3) is 0 Å². The van der Waals surface area contributed by atoms with E-state index in [4.69, 9.17) is 9.84 Å². The van der Waals surface area contributed by atoms with Crippen LogP contribution >= 0.6 is 0 Å². The lowest BCUT2D eigenvalue weighted by molar-refractivity contribution is -0.136. The number of ether oxygens (including phenoxy) is 1. The van der Waals surface area contributed by atoms with E-state index in [1.807, 2.05) is 38.1 Å². The lowest BCUT2D eigenvalue weighted by Crippen LogP contribution is -2.01. The molecule has 1 N–H and O–H groups in total. The van der Waals surface area contributed by atoms with E-state index in [1.165, 1.54) is 0 Å². The first-order valence-electron chi connectivity index (χ1n) is 5.18. The minimum Gasteiger partial charge on any atom is -0.489 e. The maximum absolute atomic E-state index is 10.5. The summed E-state index contributed by atoms with van der Waals surface area (Å²) in [6, 6.07) is 5.45. The fourth-order valence-corrected chi connectivity index (χ4v) is 1.39. The summed E-state index contributed by atoms with van der Waals surface area (Å²) in [5, 5.41) is 8.66. The second-order valence-corrected chi connectivity index (χ2v) is 3.55. The molecule has 0 saturated carbocycles. The zero-order valence-electron chi connectivity index (χ0n) is 9.56. The Kier molecular flexibility index (Phi) is 4.58. The molecule has 0 bridgehead atoms. The monoisotopic (exact) mass is 220 g/mol. The topological polar surface area (TPSA) is 46.5 Å². The fourth-order valence-electron chi connectivity index (χ4n) is 1.39. The van der Waals surface area contributed by atoms with Crippen LogP contribution in [0.4, 0.5) is 0 Å². The smallest absolute Gasteiger partial charge is 0.307 e. The van der Waals surface area contributed by atoms with Crippen LogP contribution in [0.1, 0.15) is 18.1 Å². The summed E-state index contributed by atoms with van der Waals surface area (Å²) >= 11 is 0. The Morgan fingerprint density at radius 3 is 2.81 bits per heavy atom. The lowest BCUT2D eigenvalue weighted by Gasteiger charge is -2.08. The number of rotatable bonds is 5. The summed E-state index contributed by atoms with van der Waals surface area (Å²) in [7, 11) is 0. The van der Waals surface area contributed by atoms with Crippen LogP contribution in [0.15, 0.2) is 30.4 Å². The number of hydrogen-bond acceptors (Lipinski definition) is 2. The van der Waals surface area contributed by atoms with E-state index < -0.39 is 5.97 Å². The summed E-state index contributed by atoms with van der Waals surface area (Å²) < 4.78 is 5.50. The number of carboxylic acid groups (broad SMARTS) is 1. The van der Waals surface area contributed by atoms with Crippen LogP contribution in [-0.2, 0) is 11.2 Å². The van der Waals surface area contributed by atoms with Crippen molar-refractivity contribution < 1.29 is 14.6 Å². The quantitative estimate of drug-likeness (QED) is 0.776. The number of benzene rings is 1. The zero-order chi connectivity index (χ0) is 12.0. The molecule has 0 unspecified atom stereocenters. The van der Waals surface area contributed by atoms with E-state index in [1.54, 1.807) is 6.07 Å². The number of aliphatic carboxylic acids is 1. The van der Waals surface area contributed by atoms with Gasteiger partial charge in [0.05, 0.1) is 6.42 Å². The highest BCUT2D eigenvalue weighted by Crippen LogP contribution is 2.19. The van der Waals surface area contributed by atoms with E-state index in [2.05, 4.69) is 0 Å². The van der Waals surface area contributed by atoms with Gasteiger partial charge < -0.3 is 9.84 Å². The molecular weight excluding hydrogens is 204 g/mol.